The van der Waals surface area contributed by atoms with E-state index in [-0.39, 0.29) is 11.3 Å². The smallest absolute Gasteiger partial charge is 0.251 e. The van der Waals surface area contributed by atoms with Crippen LogP contribution in [0.5, 0.6) is 0 Å². The molecule has 106 valence electrons. The Hall–Kier alpha value is -1.81. The summed E-state index contributed by atoms with van der Waals surface area (Å²) in [5, 5.41) is 4.18. The zero-order valence-corrected chi connectivity index (χ0v) is 11.7. The summed E-state index contributed by atoms with van der Waals surface area (Å²) in [4.78, 5) is 15.4. The van der Waals surface area contributed by atoms with Crippen LogP contribution in [0, 0.1) is 5.41 Å². The number of aromatic nitrogens is 1. The van der Waals surface area contributed by atoms with E-state index in [0.717, 1.165) is 37.0 Å². The van der Waals surface area contributed by atoms with E-state index in [1.54, 1.807) is 0 Å². The number of benzene rings is 1. The van der Waals surface area contributed by atoms with Gasteiger partial charge in [-0.2, -0.15) is 0 Å². The molecule has 3 rings (SSSR count). The maximum atomic E-state index is 12.2. The van der Waals surface area contributed by atoms with Gasteiger partial charge in [-0.15, -0.1) is 0 Å². The minimum absolute atomic E-state index is 0.00535. The number of ether oxygens (including phenoxy) is 1. The monoisotopic (exact) mass is 272 g/mol. The molecule has 1 saturated heterocycles. The van der Waals surface area contributed by atoms with Gasteiger partial charge in [0.2, 0.25) is 0 Å². The summed E-state index contributed by atoms with van der Waals surface area (Å²) >= 11 is 0. The van der Waals surface area contributed by atoms with Crippen molar-refractivity contribution in [3.63, 3.8) is 0 Å². The summed E-state index contributed by atoms with van der Waals surface area (Å²) in [6.45, 7) is 4.50. The Morgan fingerprint density at radius 1 is 1.35 bits per heavy atom. The molecule has 0 bridgehead atoms. The number of hydrogen-bond donors (Lipinski definition) is 2. The fourth-order valence-electron chi connectivity index (χ4n) is 2.63. The third-order valence-corrected chi connectivity index (χ3v) is 4.19. The van der Waals surface area contributed by atoms with E-state index in [2.05, 4.69) is 17.2 Å². The van der Waals surface area contributed by atoms with Crippen LogP contribution in [0.3, 0.4) is 0 Å². The molecule has 1 aliphatic rings. The SMILES string of the molecule is CC1(CNC(=O)c2ccc3cc[nH]c3c2)CCOCC1. The van der Waals surface area contributed by atoms with E-state index in [0.29, 0.717) is 12.1 Å². The molecule has 1 fully saturated rings. The number of rotatable bonds is 3. The first-order chi connectivity index (χ1) is 9.66. The van der Waals surface area contributed by atoms with Crippen molar-refractivity contribution in [2.45, 2.75) is 19.8 Å². The van der Waals surface area contributed by atoms with E-state index >= 15 is 0 Å². The van der Waals surface area contributed by atoms with Gasteiger partial charge in [0, 0.05) is 37.0 Å². The zero-order chi connectivity index (χ0) is 14.0. The molecular weight excluding hydrogens is 252 g/mol. The van der Waals surface area contributed by atoms with Gasteiger partial charge in [-0.3, -0.25) is 4.79 Å². The quantitative estimate of drug-likeness (QED) is 0.902. The van der Waals surface area contributed by atoms with Crippen LogP contribution in [0.2, 0.25) is 0 Å². The second-order valence-electron chi connectivity index (χ2n) is 5.89. The van der Waals surface area contributed by atoms with E-state index in [4.69, 9.17) is 4.74 Å². The second kappa shape index (κ2) is 5.29. The number of nitrogens with one attached hydrogen (secondary N) is 2. The predicted molar refractivity (Wildman–Crippen MR) is 78.8 cm³/mol. The van der Waals surface area contributed by atoms with Crippen molar-refractivity contribution in [2.24, 2.45) is 5.41 Å². The van der Waals surface area contributed by atoms with E-state index < -0.39 is 0 Å². The Morgan fingerprint density at radius 2 is 2.15 bits per heavy atom. The van der Waals surface area contributed by atoms with Crippen LogP contribution in [0.1, 0.15) is 30.1 Å². The molecule has 1 aromatic carbocycles. The van der Waals surface area contributed by atoms with Gasteiger partial charge >= 0.3 is 0 Å². The summed E-state index contributed by atoms with van der Waals surface area (Å²) in [5.41, 5.74) is 1.86. The maximum absolute atomic E-state index is 12.2. The molecule has 0 saturated carbocycles. The number of H-pyrrole nitrogens is 1. The lowest BCUT2D eigenvalue weighted by Gasteiger charge is -2.33. The zero-order valence-electron chi connectivity index (χ0n) is 11.7. The number of carbonyl (C=O) groups is 1. The van der Waals surface area contributed by atoms with Gasteiger partial charge in [0.05, 0.1) is 0 Å². The molecule has 2 heterocycles. The highest BCUT2D eigenvalue weighted by molar-refractivity contribution is 5.97. The first-order valence-corrected chi connectivity index (χ1v) is 7.09. The van der Waals surface area contributed by atoms with E-state index in [9.17, 15) is 4.79 Å². The lowest BCUT2D eigenvalue weighted by Crippen LogP contribution is -2.39. The minimum Gasteiger partial charge on any atom is -0.381 e. The maximum Gasteiger partial charge on any atom is 0.251 e. The van der Waals surface area contributed by atoms with Gasteiger partial charge in [0.25, 0.3) is 5.91 Å². The molecule has 4 nitrogen and oxygen atoms in total. The number of aromatic amines is 1. The molecule has 2 aromatic rings. The largest absolute Gasteiger partial charge is 0.381 e. The van der Waals surface area contributed by atoms with Crippen LogP contribution in [0.25, 0.3) is 10.9 Å². The minimum atomic E-state index is -0.00535. The molecule has 0 atom stereocenters. The number of hydrogen-bond acceptors (Lipinski definition) is 2. The average Bonchev–Trinajstić information content (AvgIpc) is 2.93. The summed E-state index contributed by atoms with van der Waals surface area (Å²) in [7, 11) is 0. The summed E-state index contributed by atoms with van der Waals surface area (Å²) in [5.74, 6) is -0.00535. The molecule has 0 radical (unpaired) electrons. The fraction of sp³-hybridized carbons (Fsp3) is 0.438. The van der Waals surface area contributed by atoms with Crippen molar-refractivity contribution in [2.75, 3.05) is 19.8 Å². The van der Waals surface area contributed by atoms with Crippen LogP contribution < -0.4 is 5.32 Å². The van der Waals surface area contributed by atoms with Gasteiger partial charge in [0.15, 0.2) is 0 Å². The normalized spacial score (nSPS) is 18.1. The number of amides is 1. The average molecular weight is 272 g/mol. The molecule has 1 aromatic heterocycles. The molecule has 2 N–H and O–H groups in total. The van der Waals surface area contributed by atoms with Crippen molar-refractivity contribution in [1.29, 1.82) is 0 Å². The molecule has 0 unspecified atom stereocenters. The molecular formula is C16H20N2O2. The predicted octanol–water partition coefficient (Wildman–Crippen LogP) is 2.71. The van der Waals surface area contributed by atoms with Crippen LogP contribution >= 0.6 is 0 Å². The Bertz CT molecular complexity index is 612. The third-order valence-electron chi connectivity index (χ3n) is 4.19. The number of fused-ring (bicyclic) bond motifs is 1. The molecule has 0 spiro atoms. The van der Waals surface area contributed by atoms with Crippen molar-refractivity contribution >= 4 is 16.8 Å². The molecule has 0 aliphatic carbocycles. The van der Waals surface area contributed by atoms with Crippen LogP contribution in [0.4, 0.5) is 0 Å². The third kappa shape index (κ3) is 2.70. The van der Waals surface area contributed by atoms with Gasteiger partial charge in [-0.1, -0.05) is 13.0 Å². The van der Waals surface area contributed by atoms with Crippen LogP contribution in [-0.4, -0.2) is 30.6 Å². The van der Waals surface area contributed by atoms with Gasteiger partial charge in [0.1, 0.15) is 0 Å². The molecule has 1 amide bonds. The molecule has 4 heteroatoms. The lowest BCUT2D eigenvalue weighted by atomic mass is 9.82. The van der Waals surface area contributed by atoms with Crippen molar-refractivity contribution in [1.82, 2.24) is 10.3 Å². The van der Waals surface area contributed by atoms with Crippen molar-refractivity contribution in [3.05, 3.63) is 36.0 Å². The van der Waals surface area contributed by atoms with E-state index in [1.807, 2.05) is 30.5 Å². The first kappa shape index (κ1) is 13.2. The summed E-state index contributed by atoms with van der Waals surface area (Å²) in [6.07, 6.45) is 3.89. The first-order valence-electron chi connectivity index (χ1n) is 7.09. The fourth-order valence-corrected chi connectivity index (χ4v) is 2.63. The van der Waals surface area contributed by atoms with Crippen molar-refractivity contribution in [3.8, 4) is 0 Å². The Labute approximate surface area is 118 Å². The Balaban J connectivity index is 1.66. The van der Waals surface area contributed by atoms with Gasteiger partial charge in [-0.25, -0.2) is 0 Å². The standard InChI is InChI=1S/C16H20N2O2/c1-16(5-8-20-9-6-16)11-18-15(19)13-3-2-12-4-7-17-14(12)10-13/h2-4,7,10,17H,5-6,8-9,11H2,1H3,(H,18,19). The van der Waals surface area contributed by atoms with Gasteiger partial charge in [-0.05, 0) is 41.8 Å². The summed E-state index contributed by atoms with van der Waals surface area (Å²) < 4.78 is 5.38. The van der Waals surface area contributed by atoms with Crippen molar-refractivity contribution < 1.29 is 9.53 Å². The summed E-state index contributed by atoms with van der Waals surface area (Å²) in [6, 6.07) is 7.74. The van der Waals surface area contributed by atoms with Crippen LogP contribution in [-0.2, 0) is 4.74 Å². The highest BCUT2D eigenvalue weighted by Gasteiger charge is 2.27. The topological polar surface area (TPSA) is 54.1 Å². The van der Waals surface area contributed by atoms with Crippen LogP contribution in [0.15, 0.2) is 30.5 Å². The highest BCUT2D eigenvalue weighted by Crippen LogP contribution is 2.28. The van der Waals surface area contributed by atoms with Gasteiger partial charge < -0.3 is 15.0 Å². The number of carbonyl (C=O) groups excluding carboxylic acids is 1. The lowest BCUT2D eigenvalue weighted by molar-refractivity contribution is 0.0238. The highest BCUT2D eigenvalue weighted by atomic mass is 16.5. The van der Waals surface area contributed by atoms with E-state index in [1.165, 1.54) is 0 Å². The molecule has 1 aliphatic heterocycles. The Morgan fingerprint density at radius 3 is 2.95 bits per heavy atom. The second-order valence-corrected chi connectivity index (χ2v) is 5.89. The Kier molecular flexibility index (Phi) is 3.49. The molecule has 20 heavy (non-hydrogen) atoms.